The van der Waals surface area contributed by atoms with Gasteiger partial charge in [-0.05, 0) is 144 Å². The van der Waals surface area contributed by atoms with E-state index >= 15 is 0 Å². The lowest BCUT2D eigenvalue weighted by molar-refractivity contribution is 0.568. The van der Waals surface area contributed by atoms with Gasteiger partial charge < -0.3 is 9.80 Å². The van der Waals surface area contributed by atoms with E-state index in [4.69, 9.17) is 0 Å². The molecule has 0 unspecified atom stereocenters. The minimum atomic E-state index is -0.0349. The van der Waals surface area contributed by atoms with Crippen LogP contribution in [0.3, 0.4) is 0 Å². The molecule has 62 heavy (non-hydrogen) atoms. The Hall–Kier alpha value is -5.80. The smallest absolute Gasteiger partial charge is 0.252 e. The second-order valence-electron chi connectivity index (χ2n) is 22.1. The van der Waals surface area contributed by atoms with E-state index in [-0.39, 0.29) is 28.4 Å². The molecule has 0 saturated carbocycles. The molecule has 0 radical (unpaired) electrons. The van der Waals surface area contributed by atoms with Gasteiger partial charge in [0.25, 0.3) is 6.71 Å². The van der Waals surface area contributed by atoms with Crippen LogP contribution in [0, 0.1) is 6.92 Å². The maximum Gasteiger partial charge on any atom is 0.252 e. The first kappa shape index (κ1) is 41.6. The van der Waals surface area contributed by atoms with Crippen LogP contribution in [0.5, 0.6) is 0 Å². The van der Waals surface area contributed by atoms with E-state index in [2.05, 4.69) is 245 Å². The van der Waals surface area contributed by atoms with Crippen molar-refractivity contribution in [2.45, 2.75) is 112 Å². The molecule has 0 aromatic heterocycles. The predicted molar refractivity (Wildman–Crippen MR) is 271 cm³/mol. The molecule has 0 fully saturated rings. The highest BCUT2D eigenvalue weighted by atomic mass is 15.2. The van der Waals surface area contributed by atoms with Crippen LogP contribution in [-0.4, -0.2) is 6.71 Å². The Labute approximate surface area is 372 Å². The molecule has 0 saturated heterocycles. The Bertz CT molecular complexity index is 2770. The lowest BCUT2D eigenvalue weighted by Crippen LogP contribution is -2.61. The normalized spacial score (nSPS) is 13.8. The molecule has 2 aliphatic heterocycles. The topological polar surface area (TPSA) is 6.48 Å². The van der Waals surface area contributed by atoms with Crippen molar-refractivity contribution in [3.63, 3.8) is 0 Å². The molecule has 0 N–H and O–H groups in total. The van der Waals surface area contributed by atoms with E-state index in [1.807, 2.05) is 0 Å². The second-order valence-corrected chi connectivity index (χ2v) is 22.1. The maximum atomic E-state index is 2.60. The molecule has 0 aliphatic carbocycles. The van der Waals surface area contributed by atoms with Gasteiger partial charge in [0, 0.05) is 34.1 Å². The third kappa shape index (κ3) is 7.28. The first-order valence-electron chi connectivity index (χ1n) is 22.6. The van der Waals surface area contributed by atoms with E-state index in [9.17, 15) is 0 Å². The Morgan fingerprint density at radius 3 is 1.26 bits per heavy atom. The lowest BCUT2D eigenvalue weighted by Gasteiger charge is -2.45. The molecule has 312 valence electrons. The SMILES string of the molecule is Cc1cc2c3c(c1)N(c1cc(C(C)(C)C)cc(C(C)(C)C)c1)c1ccc(-c4ccccc4-c4ccccc4)cc1B3c1ccccc1N2c1cc(C(C)(C)C)cc(C(C)(C)C)c1. The fourth-order valence-corrected chi connectivity index (χ4v) is 9.63. The van der Waals surface area contributed by atoms with E-state index in [1.54, 1.807) is 0 Å². The van der Waals surface area contributed by atoms with Crippen LogP contribution in [0.4, 0.5) is 34.1 Å². The molecule has 2 aliphatic rings. The van der Waals surface area contributed by atoms with Gasteiger partial charge in [0.2, 0.25) is 0 Å². The van der Waals surface area contributed by atoms with Crippen LogP contribution in [0.15, 0.2) is 146 Å². The van der Waals surface area contributed by atoms with E-state index in [0.717, 1.165) is 0 Å². The molecule has 7 aromatic carbocycles. The van der Waals surface area contributed by atoms with E-state index in [1.165, 1.54) is 101 Å². The third-order valence-corrected chi connectivity index (χ3v) is 13.3. The number of aryl methyl sites for hydroxylation is 1. The van der Waals surface area contributed by atoms with Gasteiger partial charge >= 0.3 is 0 Å². The lowest BCUT2D eigenvalue weighted by atomic mass is 9.33. The number of hydrogen-bond acceptors (Lipinski definition) is 2. The largest absolute Gasteiger partial charge is 0.311 e. The number of rotatable bonds is 4. The molecule has 0 spiro atoms. The summed E-state index contributed by atoms with van der Waals surface area (Å²) in [5.74, 6) is 0. The van der Waals surface area contributed by atoms with Gasteiger partial charge in [-0.2, -0.15) is 0 Å². The van der Waals surface area contributed by atoms with Crippen molar-refractivity contribution >= 4 is 57.2 Å². The fourth-order valence-electron chi connectivity index (χ4n) is 9.63. The summed E-state index contributed by atoms with van der Waals surface area (Å²) in [5, 5.41) is 0. The van der Waals surface area contributed by atoms with Crippen LogP contribution in [0.2, 0.25) is 0 Å². The summed E-state index contributed by atoms with van der Waals surface area (Å²) in [6.45, 7) is 30.4. The molecule has 3 heteroatoms. The van der Waals surface area contributed by atoms with Crippen LogP contribution < -0.4 is 26.2 Å². The first-order valence-corrected chi connectivity index (χ1v) is 22.6. The molecule has 2 heterocycles. The van der Waals surface area contributed by atoms with Crippen molar-refractivity contribution in [3.05, 3.63) is 173 Å². The average Bonchev–Trinajstić information content (AvgIpc) is 3.22. The highest BCUT2D eigenvalue weighted by Crippen LogP contribution is 2.48. The Kier molecular flexibility index (Phi) is 9.82. The minimum Gasteiger partial charge on any atom is -0.311 e. The van der Waals surface area contributed by atoms with Crippen LogP contribution in [-0.2, 0) is 21.7 Å². The van der Waals surface area contributed by atoms with Gasteiger partial charge in [0.05, 0.1) is 0 Å². The number of hydrogen-bond donors (Lipinski definition) is 0. The summed E-state index contributed by atoms with van der Waals surface area (Å²) in [6, 6.07) is 55.9. The molecule has 7 aromatic rings. The summed E-state index contributed by atoms with van der Waals surface area (Å²) in [4.78, 5) is 5.19. The van der Waals surface area contributed by atoms with Crippen molar-refractivity contribution in [2.75, 3.05) is 9.80 Å². The molecular weight excluding hydrogens is 747 g/mol. The molecule has 9 rings (SSSR count). The molecule has 2 nitrogen and oxygen atoms in total. The Morgan fingerprint density at radius 1 is 0.355 bits per heavy atom. The molecule has 0 bridgehead atoms. The van der Waals surface area contributed by atoms with Crippen molar-refractivity contribution in [2.24, 2.45) is 0 Å². The summed E-state index contributed by atoms with van der Waals surface area (Å²) >= 11 is 0. The fraction of sp³-hybridized carbons (Fsp3) is 0.288. The number of anilines is 6. The quantitative estimate of drug-likeness (QED) is 0.163. The van der Waals surface area contributed by atoms with Crippen molar-refractivity contribution in [1.29, 1.82) is 0 Å². The molecular formula is C59H63BN2. The molecule has 0 amide bonds. The van der Waals surface area contributed by atoms with Crippen molar-refractivity contribution in [3.8, 4) is 22.3 Å². The van der Waals surface area contributed by atoms with Gasteiger partial charge in [-0.1, -0.05) is 180 Å². The zero-order valence-electron chi connectivity index (χ0n) is 39.3. The molecule has 0 atom stereocenters. The van der Waals surface area contributed by atoms with Crippen molar-refractivity contribution < 1.29 is 0 Å². The van der Waals surface area contributed by atoms with Gasteiger partial charge in [0.15, 0.2) is 0 Å². The van der Waals surface area contributed by atoms with E-state index < -0.39 is 0 Å². The van der Waals surface area contributed by atoms with Crippen LogP contribution in [0.25, 0.3) is 22.3 Å². The van der Waals surface area contributed by atoms with Crippen molar-refractivity contribution in [1.82, 2.24) is 0 Å². The van der Waals surface area contributed by atoms with E-state index in [0.29, 0.717) is 0 Å². The number of benzene rings is 7. The van der Waals surface area contributed by atoms with Crippen LogP contribution in [0.1, 0.15) is 111 Å². The Balaban J connectivity index is 1.38. The Morgan fingerprint density at radius 2 is 0.774 bits per heavy atom. The predicted octanol–water partition coefficient (Wildman–Crippen LogP) is 14.6. The van der Waals surface area contributed by atoms with Crippen LogP contribution >= 0.6 is 0 Å². The van der Waals surface area contributed by atoms with Gasteiger partial charge in [-0.25, -0.2) is 0 Å². The number of para-hydroxylation sites is 1. The second kappa shape index (κ2) is 14.7. The number of fused-ring (bicyclic) bond motifs is 4. The zero-order chi connectivity index (χ0) is 44.1. The highest BCUT2D eigenvalue weighted by molar-refractivity contribution is 7.00. The highest BCUT2D eigenvalue weighted by Gasteiger charge is 2.44. The monoisotopic (exact) mass is 811 g/mol. The minimum absolute atomic E-state index is 0.0175. The van der Waals surface area contributed by atoms with Gasteiger partial charge in [0.1, 0.15) is 0 Å². The van der Waals surface area contributed by atoms with Gasteiger partial charge in [-0.15, -0.1) is 0 Å². The summed E-state index contributed by atoms with van der Waals surface area (Å²) < 4.78 is 0. The summed E-state index contributed by atoms with van der Waals surface area (Å²) in [7, 11) is 0. The maximum absolute atomic E-state index is 2.60. The zero-order valence-corrected chi connectivity index (χ0v) is 39.3. The van der Waals surface area contributed by atoms with Gasteiger partial charge in [-0.3, -0.25) is 0 Å². The summed E-state index contributed by atoms with van der Waals surface area (Å²) in [6.07, 6.45) is 0. The standard InChI is InChI=1S/C59H63BN2/c1-38-29-53-55-54(30-38)62(46-36-43(58(8,9)10)33-44(37-46)59(11,12)13)52-28-27-40(48-24-18-17-23-47(48)39-21-15-14-16-22-39)31-50(52)60(55)49-25-19-20-26-51(49)61(53)45-34-41(56(2,3)4)32-42(35-45)57(5,6)7/h14-37H,1-13H3. The first-order chi connectivity index (χ1) is 29.2. The third-order valence-electron chi connectivity index (χ3n) is 13.3. The average molecular weight is 811 g/mol. The summed E-state index contributed by atoms with van der Waals surface area (Å²) in [5.41, 5.74) is 22.9. The number of nitrogens with zero attached hydrogens (tertiary/aromatic N) is 2.